The van der Waals surface area contributed by atoms with Crippen LogP contribution in [0.2, 0.25) is 0 Å². The van der Waals surface area contributed by atoms with E-state index in [1.807, 2.05) is 26.0 Å². The predicted molar refractivity (Wildman–Crippen MR) is 118 cm³/mol. The summed E-state index contributed by atoms with van der Waals surface area (Å²) in [5.41, 5.74) is 3.62. The monoisotopic (exact) mass is 442 g/mol. The number of hydrogen-bond acceptors (Lipinski definition) is 3. The van der Waals surface area contributed by atoms with Crippen molar-refractivity contribution >= 4 is 17.5 Å². The Kier molecular flexibility index (Phi) is 6.55. The van der Waals surface area contributed by atoms with Crippen molar-refractivity contribution in [2.24, 2.45) is 5.92 Å². The number of rotatable bonds is 4. The van der Waals surface area contributed by atoms with E-state index in [4.69, 9.17) is 4.74 Å². The van der Waals surface area contributed by atoms with Crippen molar-refractivity contribution in [1.82, 2.24) is 4.90 Å². The summed E-state index contributed by atoms with van der Waals surface area (Å²) in [5.74, 6) is -1.07. The Hall–Kier alpha value is -2.80. The van der Waals surface area contributed by atoms with Gasteiger partial charge in [-0.05, 0) is 67.5 Å². The van der Waals surface area contributed by atoms with E-state index >= 15 is 0 Å². The minimum Gasteiger partial charge on any atom is -0.378 e. The largest absolute Gasteiger partial charge is 0.378 e. The maximum absolute atomic E-state index is 14.1. The summed E-state index contributed by atoms with van der Waals surface area (Å²) in [6.07, 6.45) is 1.49. The van der Waals surface area contributed by atoms with Crippen LogP contribution >= 0.6 is 0 Å². The molecule has 2 aromatic rings. The number of carbonyl (C=O) groups is 2. The first kappa shape index (κ1) is 22.4. The second kappa shape index (κ2) is 9.36. The summed E-state index contributed by atoms with van der Waals surface area (Å²) in [5, 5.41) is 0. The van der Waals surface area contributed by atoms with Crippen LogP contribution in [0, 0.1) is 31.4 Å². The van der Waals surface area contributed by atoms with E-state index in [0.29, 0.717) is 63.2 Å². The zero-order valence-corrected chi connectivity index (χ0v) is 18.5. The number of ether oxygens (including phenoxy) is 1. The number of piperidine rings is 1. The van der Waals surface area contributed by atoms with Crippen molar-refractivity contribution in [3.63, 3.8) is 0 Å². The van der Waals surface area contributed by atoms with E-state index in [0.717, 1.165) is 22.9 Å². The van der Waals surface area contributed by atoms with Gasteiger partial charge in [-0.3, -0.25) is 9.59 Å². The van der Waals surface area contributed by atoms with Crippen LogP contribution in [0.25, 0.3) is 0 Å². The van der Waals surface area contributed by atoms with Crippen LogP contribution in [0.3, 0.4) is 0 Å². The highest BCUT2D eigenvalue weighted by Crippen LogP contribution is 2.33. The first-order valence-corrected chi connectivity index (χ1v) is 11.1. The number of anilines is 1. The third-order valence-corrected chi connectivity index (χ3v) is 6.34. The molecule has 0 N–H and O–H groups in total. The molecule has 1 atom stereocenters. The van der Waals surface area contributed by atoms with E-state index in [1.165, 1.54) is 12.1 Å². The lowest BCUT2D eigenvalue weighted by atomic mass is 9.89. The van der Waals surface area contributed by atoms with Gasteiger partial charge in [0.2, 0.25) is 5.91 Å². The van der Waals surface area contributed by atoms with Crippen molar-refractivity contribution < 1.29 is 23.1 Å². The third-order valence-electron chi connectivity index (χ3n) is 6.34. The Morgan fingerprint density at radius 2 is 1.78 bits per heavy atom. The summed E-state index contributed by atoms with van der Waals surface area (Å²) in [4.78, 5) is 29.2. The first-order chi connectivity index (χ1) is 15.3. The molecule has 2 aromatic carbocycles. The van der Waals surface area contributed by atoms with Crippen LogP contribution in [0.5, 0.6) is 0 Å². The molecule has 2 saturated heterocycles. The quantitative estimate of drug-likeness (QED) is 0.718. The fraction of sp³-hybridized carbons (Fsp3) is 0.440. The van der Waals surface area contributed by atoms with Crippen molar-refractivity contribution in [3.8, 4) is 0 Å². The molecule has 0 bridgehead atoms. The van der Waals surface area contributed by atoms with E-state index in [1.54, 1.807) is 9.80 Å². The molecule has 1 unspecified atom stereocenters. The van der Waals surface area contributed by atoms with Gasteiger partial charge in [0.15, 0.2) is 0 Å². The Balaban J connectivity index is 1.54. The normalized spacial score (nSPS) is 19.4. The summed E-state index contributed by atoms with van der Waals surface area (Å²) < 4.78 is 32.7. The van der Waals surface area contributed by atoms with E-state index < -0.39 is 11.6 Å². The van der Waals surface area contributed by atoms with Crippen molar-refractivity contribution in [1.29, 1.82) is 0 Å². The number of benzene rings is 2. The first-order valence-electron chi connectivity index (χ1n) is 11.1. The molecule has 7 heteroatoms. The van der Waals surface area contributed by atoms with Gasteiger partial charge in [0.1, 0.15) is 11.6 Å². The molecule has 0 aliphatic carbocycles. The van der Waals surface area contributed by atoms with Gasteiger partial charge in [-0.25, -0.2) is 8.78 Å². The van der Waals surface area contributed by atoms with Gasteiger partial charge in [-0.1, -0.05) is 6.07 Å². The highest BCUT2D eigenvalue weighted by Gasteiger charge is 2.30. The molecule has 0 aromatic heterocycles. The van der Waals surface area contributed by atoms with Crippen molar-refractivity contribution in [2.75, 3.05) is 37.7 Å². The second-order valence-electron chi connectivity index (χ2n) is 8.71. The summed E-state index contributed by atoms with van der Waals surface area (Å²) in [7, 11) is 0. The van der Waals surface area contributed by atoms with Crippen LogP contribution in [0.15, 0.2) is 30.3 Å². The van der Waals surface area contributed by atoms with Crippen LogP contribution in [-0.2, 0) is 16.0 Å². The Morgan fingerprint density at radius 1 is 1.09 bits per heavy atom. The standard InChI is InChI=1S/C25H28F2N2O3/c1-16-11-20(25(31)28-7-9-32-10-8-28)12-17(2)24(16)29-15-18(3-6-23(29)30)13-19-4-5-21(26)14-22(19)27/h4-5,11-12,14,18H,3,6-10,13,15H2,1-2H3. The number of amides is 2. The molecule has 2 fully saturated rings. The molecule has 0 saturated carbocycles. The average molecular weight is 443 g/mol. The maximum Gasteiger partial charge on any atom is 0.254 e. The van der Waals surface area contributed by atoms with Crippen LogP contribution in [0.4, 0.5) is 14.5 Å². The van der Waals surface area contributed by atoms with Gasteiger partial charge in [-0.15, -0.1) is 0 Å². The molecule has 32 heavy (non-hydrogen) atoms. The van der Waals surface area contributed by atoms with Crippen LogP contribution < -0.4 is 4.90 Å². The summed E-state index contributed by atoms with van der Waals surface area (Å²) >= 11 is 0. The summed E-state index contributed by atoms with van der Waals surface area (Å²) in [6.45, 7) is 6.52. The maximum atomic E-state index is 14.1. The number of hydrogen-bond donors (Lipinski definition) is 0. The lowest BCUT2D eigenvalue weighted by Crippen LogP contribution is -2.42. The Morgan fingerprint density at radius 3 is 2.44 bits per heavy atom. The number of halogens is 2. The minimum atomic E-state index is -0.593. The van der Waals surface area contributed by atoms with E-state index in [9.17, 15) is 18.4 Å². The lowest BCUT2D eigenvalue weighted by molar-refractivity contribution is -0.120. The molecule has 170 valence electrons. The van der Waals surface area contributed by atoms with Crippen molar-refractivity contribution in [3.05, 3.63) is 64.2 Å². The molecule has 0 radical (unpaired) electrons. The molecular formula is C25H28F2N2O3. The SMILES string of the molecule is Cc1cc(C(=O)N2CCOCC2)cc(C)c1N1CC(Cc2ccc(F)cc2F)CCC1=O. The molecule has 2 aliphatic rings. The molecule has 5 nitrogen and oxygen atoms in total. The predicted octanol–water partition coefficient (Wildman–Crippen LogP) is 4.04. The smallest absolute Gasteiger partial charge is 0.254 e. The molecule has 2 amide bonds. The third kappa shape index (κ3) is 4.67. The van der Waals surface area contributed by atoms with Crippen LogP contribution in [-0.4, -0.2) is 49.6 Å². The van der Waals surface area contributed by atoms with Gasteiger partial charge in [-0.2, -0.15) is 0 Å². The van der Waals surface area contributed by atoms with Crippen LogP contribution in [0.1, 0.15) is 39.9 Å². The molecule has 0 spiro atoms. The number of nitrogens with zero attached hydrogens (tertiary/aromatic N) is 2. The number of carbonyl (C=O) groups excluding carboxylic acids is 2. The topological polar surface area (TPSA) is 49.9 Å². The fourth-order valence-corrected chi connectivity index (χ4v) is 4.75. The molecular weight excluding hydrogens is 414 g/mol. The summed E-state index contributed by atoms with van der Waals surface area (Å²) in [6, 6.07) is 7.34. The Labute approximate surface area is 187 Å². The highest BCUT2D eigenvalue weighted by atomic mass is 19.1. The fourth-order valence-electron chi connectivity index (χ4n) is 4.75. The van der Waals surface area contributed by atoms with Gasteiger partial charge >= 0.3 is 0 Å². The highest BCUT2D eigenvalue weighted by molar-refractivity contribution is 5.99. The van der Waals surface area contributed by atoms with E-state index in [-0.39, 0.29) is 17.7 Å². The van der Waals surface area contributed by atoms with Crippen molar-refractivity contribution in [2.45, 2.75) is 33.1 Å². The second-order valence-corrected chi connectivity index (χ2v) is 8.71. The van der Waals surface area contributed by atoms with Gasteiger partial charge < -0.3 is 14.5 Å². The molecule has 2 aliphatic heterocycles. The molecule has 2 heterocycles. The van der Waals surface area contributed by atoms with E-state index in [2.05, 4.69) is 0 Å². The molecule has 4 rings (SSSR count). The number of aryl methyl sites for hydroxylation is 2. The Bertz CT molecular complexity index is 1010. The van der Waals surface area contributed by atoms with Gasteiger partial charge in [0, 0.05) is 43.4 Å². The lowest BCUT2D eigenvalue weighted by Gasteiger charge is -2.35. The van der Waals surface area contributed by atoms with Gasteiger partial charge in [0.25, 0.3) is 5.91 Å². The zero-order chi connectivity index (χ0) is 22.8. The zero-order valence-electron chi connectivity index (χ0n) is 18.5. The minimum absolute atomic E-state index is 0.0271. The average Bonchev–Trinajstić information content (AvgIpc) is 2.77. The van der Waals surface area contributed by atoms with Gasteiger partial charge in [0.05, 0.1) is 13.2 Å². The number of morpholine rings is 1.